The lowest BCUT2D eigenvalue weighted by atomic mass is 9.96. The van der Waals surface area contributed by atoms with Crippen LogP contribution in [-0.2, 0) is 9.59 Å². The lowest BCUT2D eigenvalue weighted by Gasteiger charge is -2.34. The summed E-state index contributed by atoms with van der Waals surface area (Å²) in [7, 11) is 0. The molecule has 8 nitrogen and oxygen atoms in total. The number of nitrogens with one attached hydrogen (secondary N) is 3. The molecule has 3 N–H and O–H groups in total. The van der Waals surface area contributed by atoms with E-state index in [1.807, 2.05) is 51.1 Å². The third kappa shape index (κ3) is 4.25. The number of carbonyl (C=O) groups excluding carboxylic acids is 2. The van der Waals surface area contributed by atoms with Gasteiger partial charge in [-0.2, -0.15) is 5.10 Å². The number of anilines is 1. The Bertz CT molecular complexity index is 1040. The molecule has 3 aromatic rings. The van der Waals surface area contributed by atoms with Crippen LogP contribution in [0, 0.1) is 5.92 Å². The van der Waals surface area contributed by atoms with Gasteiger partial charge in [-0.25, -0.2) is 4.68 Å². The molecular formula is C23H27N5O3. The normalized spacial score (nSPS) is 22.0. The highest BCUT2D eigenvalue weighted by Gasteiger charge is 2.33. The minimum absolute atomic E-state index is 0.0497. The molecule has 1 saturated heterocycles. The highest BCUT2D eigenvalue weighted by Crippen LogP contribution is 2.28. The Hall–Kier alpha value is -3.39. The average Bonchev–Trinajstić information content (AvgIpc) is 3.43. The molecule has 0 saturated carbocycles. The standard InChI is InChI=1S/C23H27N5O3/c1-4-17(16-9-6-5-7-10-16)22(30)25-20-13-18(19-11-8-12-31-19)27-28(20)23-24-15(3)14(2)21(29)26-23/h5-15,17,23-24H,4H2,1-3H3,(H,25,30)(H,26,29). The Labute approximate surface area is 181 Å². The second-order valence-corrected chi connectivity index (χ2v) is 7.85. The van der Waals surface area contributed by atoms with E-state index < -0.39 is 6.29 Å². The van der Waals surface area contributed by atoms with Crippen molar-refractivity contribution in [1.82, 2.24) is 20.4 Å². The topological polar surface area (TPSA) is 101 Å². The molecule has 2 aromatic heterocycles. The Balaban J connectivity index is 1.66. The van der Waals surface area contributed by atoms with Gasteiger partial charge in [-0.1, -0.05) is 44.2 Å². The number of benzene rings is 1. The van der Waals surface area contributed by atoms with Crippen LogP contribution in [0.5, 0.6) is 0 Å². The minimum atomic E-state index is -0.588. The minimum Gasteiger partial charge on any atom is -0.463 e. The molecule has 0 spiro atoms. The second-order valence-electron chi connectivity index (χ2n) is 7.85. The van der Waals surface area contributed by atoms with Crippen molar-refractivity contribution in [3.63, 3.8) is 0 Å². The Kier molecular flexibility index (Phi) is 5.90. The first-order valence-electron chi connectivity index (χ1n) is 10.5. The summed E-state index contributed by atoms with van der Waals surface area (Å²) in [4.78, 5) is 25.6. The van der Waals surface area contributed by atoms with Gasteiger partial charge in [0.1, 0.15) is 11.5 Å². The highest BCUT2D eigenvalue weighted by molar-refractivity contribution is 5.95. The first kappa shape index (κ1) is 20.9. The Morgan fingerprint density at radius 3 is 2.65 bits per heavy atom. The summed E-state index contributed by atoms with van der Waals surface area (Å²) in [6.07, 6.45) is 1.64. The maximum atomic E-state index is 13.2. The van der Waals surface area contributed by atoms with E-state index in [-0.39, 0.29) is 29.7 Å². The first-order chi connectivity index (χ1) is 15.0. The molecule has 162 valence electrons. The molecule has 31 heavy (non-hydrogen) atoms. The molecule has 1 fully saturated rings. The summed E-state index contributed by atoms with van der Waals surface area (Å²) in [5.74, 6) is 0.378. The summed E-state index contributed by atoms with van der Waals surface area (Å²) < 4.78 is 7.07. The van der Waals surface area contributed by atoms with Crippen molar-refractivity contribution in [3.8, 4) is 11.5 Å². The van der Waals surface area contributed by atoms with Crippen LogP contribution in [0.2, 0.25) is 0 Å². The van der Waals surface area contributed by atoms with Crippen LogP contribution in [-0.4, -0.2) is 27.6 Å². The highest BCUT2D eigenvalue weighted by atomic mass is 16.3. The fourth-order valence-electron chi connectivity index (χ4n) is 3.76. The summed E-state index contributed by atoms with van der Waals surface area (Å²) >= 11 is 0. The predicted octanol–water partition coefficient (Wildman–Crippen LogP) is 3.48. The van der Waals surface area contributed by atoms with E-state index >= 15 is 0 Å². The maximum Gasteiger partial charge on any atom is 0.233 e. The smallest absolute Gasteiger partial charge is 0.233 e. The third-order valence-corrected chi connectivity index (χ3v) is 5.80. The fraction of sp³-hybridized carbons (Fsp3) is 0.348. The van der Waals surface area contributed by atoms with Crippen molar-refractivity contribution in [2.45, 2.75) is 45.4 Å². The molecule has 4 atom stereocenters. The van der Waals surface area contributed by atoms with Crippen LogP contribution < -0.4 is 16.0 Å². The van der Waals surface area contributed by atoms with E-state index in [9.17, 15) is 9.59 Å². The van der Waals surface area contributed by atoms with Crippen LogP contribution >= 0.6 is 0 Å². The monoisotopic (exact) mass is 421 g/mol. The largest absolute Gasteiger partial charge is 0.463 e. The zero-order valence-electron chi connectivity index (χ0n) is 17.8. The summed E-state index contributed by atoms with van der Waals surface area (Å²) in [6.45, 7) is 5.80. The number of aromatic nitrogens is 2. The van der Waals surface area contributed by atoms with Gasteiger partial charge in [0.15, 0.2) is 12.0 Å². The molecule has 1 aromatic carbocycles. The molecule has 2 amide bonds. The number of nitrogens with zero attached hydrogens (tertiary/aromatic N) is 2. The zero-order chi connectivity index (χ0) is 22.0. The van der Waals surface area contributed by atoms with Crippen molar-refractivity contribution >= 4 is 17.6 Å². The molecule has 4 rings (SSSR count). The number of carbonyl (C=O) groups is 2. The van der Waals surface area contributed by atoms with Crippen molar-refractivity contribution in [2.24, 2.45) is 5.92 Å². The van der Waals surface area contributed by atoms with Crippen molar-refractivity contribution in [2.75, 3.05) is 5.32 Å². The molecule has 0 bridgehead atoms. The zero-order valence-corrected chi connectivity index (χ0v) is 17.8. The quantitative estimate of drug-likeness (QED) is 0.566. The number of furan rings is 1. The van der Waals surface area contributed by atoms with Gasteiger partial charge in [-0.05, 0) is 31.0 Å². The second kappa shape index (κ2) is 8.77. The summed E-state index contributed by atoms with van der Waals surface area (Å²) in [5.41, 5.74) is 1.52. The van der Waals surface area contributed by atoms with Gasteiger partial charge in [0.05, 0.1) is 18.1 Å². The van der Waals surface area contributed by atoms with Gasteiger partial charge in [0.2, 0.25) is 11.8 Å². The van der Waals surface area contributed by atoms with Gasteiger partial charge in [-0.15, -0.1) is 0 Å². The molecule has 1 aliphatic heterocycles. The van der Waals surface area contributed by atoms with E-state index in [0.29, 0.717) is 23.7 Å². The van der Waals surface area contributed by atoms with Gasteiger partial charge in [0, 0.05) is 12.1 Å². The van der Waals surface area contributed by atoms with Gasteiger partial charge < -0.3 is 15.1 Å². The lowest BCUT2D eigenvalue weighted by molar-refractivity contribution is -0.130. The van der Waals surface area contributed by atoms with E-state index in [4.69, 9.17) is 4.42 Å². The Morgan fingerprint density at radius 1 is 1.23 bits per heavy atom. The number of hydrogen-bond donors (Lipinski definition) is 3. The molecule has 1 aliphatic rings. The van der Waals surface area contributed by atoms with E-state index in [1.165, 1.54) is 0 Å². The van der Waals surface area contributed by atoms with Gasteiger partial charge in [-0.3, -0.25) is 14.9 Å². The van der Waals surface area contributed by atoms with Crippen LogP contribution in [0.25, 0.3) is 11.5 Å². The number of rotatable bonds is 6. The summed E-state index contributed by atoms with van der Waals surface area (Å²) in [5, 5.41) is 13.9. The van der Waals surface area contributed by atoms with Crippen LogP contribution in [0.1, 0.15) is 45.0 Å². The molecule has 8 heteroatoms. The van der Waals surface area contributed by atoms with E-state index in [1.54, 1.807) is 29.1 Å². The first-order valence-corrected chi connectivity index (χ1v) is 10.5. The van der Waals surface area contributed by atoms with Crippen LogP contribution in [0.4, 0.5) is 5.82 Å². The Morgan fingerprint density at radius 2 is 2.00 bits per heavy atom. The van der Waals surface area contributed by atoms with E-state index in [2.05, 4.69) is 21.0 Å². The number of amides is 2. The molecule has 0 aliphatic carbocycles. The van der Waals surface area contributed by atoms with Crippen molar-refractivity contribution in [1.29, 1.82) is 0 Å². The average molecular weight is 422 g/mol. The SMILES string of the molecule is CCC(C(=O)Nc1cc(-c2ccco2)nn1C1NC(=O)C(C)C(C)N1)c1ccccc1. The van der Waals surface area contributed by atoms with Crippen LogP contribution in [0.15, 0.2) is 59.2 Å². The third-order valence-electron chi connectivity index (χ3n) is 5.80. The van der Waals surface area contributed by atoms with E-state index in [0.717, 1.165) is 5.56 Å². The molecule has 3 heterocycles. The van der Waals surface area contributed by atoms with Crippen molar-refractivity contribution < 1.29 is 14.0 Å². The molecular weight excluding hydrogens is 394 g/mol. The van der Waals surface area contributed by atoms with Gasteiger partial charge >= 0.3 is 0 Å². The fourth-order valence-corrected chi connectivity index (χ4v) is 3.76. The summed E-state index contributed by atoms with van der Waals surface area (Å²) in [6, 6.07) is 15.0. The van der Waals surface area contributed by atoms with Crippen LogP contribution in [0.3, 0.4) is 0 Å². The lowest BCUT2D eigenvalue weighted by Crippen LogP contribution is -2.57. The molecule has 4 unspecified atom stereocenters. The van der Waals surface area contributed by atoms with Gasteiger partial charge in [0.25, 0.3) is 0 Å². The number of hydrogen-bond acceptors (Lipinski definition) is 5. The predicted molar refractivity (Wildman–Crippen MR) is 117 cm³/mol. The van der Waals surface area contributed by atoms with Crippen molar-refractivity contribution in [3.05, 3.63) is 60.4 Å². The molecule has 0 radical (unpaired) electrons. The maximum absolute atomic E-state index is 13.2.